The molecule has 0 bridgehead atoms. The Morgan fingerprint density at radius 2 is 1.11 bits per heavy atom. The van der Waals surface area contributed by atoms with Crippen molar-refractivity contribution >= 4 is 49.8 Å². The van der Waals surface area contributed by atoms with Gasteiger partial charge in [-0.1, -0.05) is 55.1 Å². The van der Waals surface area contributed by atoms with Crippen LogP contribution in [0, 0.1) is 11.3 Å². The highest BCUT2D eigenvalue weighted by molar-refractivity contribution is 6.12. The van der Waals surface area contributed by atoms with Crippen LogP contribution in [0.3, 0.4) is 0 Å². The van der Waals surface area contributed by atoms with Crippen LogP contribution in [0.5, 0.6) is 0 Å². The van der Waals surface area contributed by atoms with Crippen molar-refractivity contribution in [2.45, 2.75) is 0 Å². The maximum atomic E-state index is 9.22. The van der Waals surface area contributed by atoms with E-state index >= 15 is 0 Å². The van der Waals surface area contributed by atoms with E-state index in [1.54, 1.807) is 0 Å². The zero-order valence-corrected chi connectivity index (χ0v) is 19.5. The average Bonchev–Trinajstić information content (AvgIpc) is 3.45. The lowest BCUT2D eigenvalue weighted by atomic mass is 10.0. The Morgan fingerprint density at radius 1 is 0.583 bits per heavy atom. The molecule has 0 radical (unpaired) electrons. The molecule has 0 amide bonds. The van der Waals surface area contributed by atoms with Crippen LogP contribution >= 0.6 is 0 Å². The molecule has 36 heavy (non-hydrogen) atoms. The second-order valence-corrected chi connectivity index (χ2v) is 9.04. The first-order valence-corrected chi connectivity index (χ1v) is 12.0. The lowest BCUT2D eigenvalue weighted by Gasteiger charge is -2.09. The van der Waals surface area contributed by atoms with E-state index in [-0.39, 0.29) is 0 Å². The van der Waals surface area contributed by atoms with Crippen molar-refractivity contribution in [3.05, 3.63) is 121 Å². The lowest BCUT2D eigenvalue weighted by molar-refractivity contribution is 1.18. The molecule has 168 valence electrons. The second kappa shape index (κ2) is 7.73. The quantitative estimate of drug-likeness (QED) is 0.261. The maximum absolute atomic E-state index is 9.22. The van der Waals surface area contributed by atoms with E-state index in [9.17, 15) is 5.26 Å². The summed E-state index contributed by atoms with van der Waals surface area (Å²) in [5.41, 5.74) is 8.71. The van der Waals surface area contributed by atoms with Gasteiger partial charge in [-0.2, -0.15) is 5.26 Å². The van der Waals surface area contributed by atoms with E-state index in [1.807, 2.05) is 30.5 Å². The minimum Gasteiger partial charge on any atom is -0.317 e. The largest absolute Gasteiger partial charge is 0.317 e. The van der Waals surface area contributed by atoms with Gasteiger partial charge in [0, 0.05) is 33.4 Å². The number of hydrogen-bond acceptors (Lipinski definition) is 1. The highest BCUT2D eigenvalue weighted by atomic mass is 15.0. The summed E-state index contributed by atoms with van der Waals surface area (Å²) in [7, 11) is 0. The van der Waals surface area contributed by atoms with Crippen LogP contribution in [0.4, 0.5) is 0 Å². The van der Waals surface area contributed by atoms with E-state index in [0.717, 1.165) is 22.2 Å². The molecule has 2 heterocycles. The second-order valence-electron chi connectivity index (χ2n) is 9.04. The van der Waals surface area contributed by atoms with Crippen LogP contribution in [0.15, 0.2) is 116 Å². The van der Waals surface area contributed by atoms with Gasteiger partial charge in [0.25, 0.3) is 0 Å². The van der Waals surface area contributed by atoms with Gasteiger partial charge in [0.05, 0.1) is 33.7 Å². The van der Waals surface area contributed by atoms with Crippen molar-refractivity contribution in [3.63, 3.8) is 0 Å². The smallest absolute Gasteiger partial charge is 0.0991 e. The molecule has 7 aromatic rings. The van der Waals surface area contributed by atoms with E-state index in [0.29, 0.717) is 5.56 Å². The predicted molar refractivity (Wildman–Crippen MR) is 150 cm³/mol. The molecule has 0 aliphatic rings. The van der Waals surface area contributed by atoms with Gasteiger partial charge in [-0.15, -0.1) is 0 Å². The first kappa shape index (κ1) is 20.3. The van der Waals surface area contributed by atoms with Gasteiger partial charge in [-0.25, -0.2) is 0 Å². The molecular weight excluding hydrogens is 438 g/mol. The minimum absolute atomic E-state index is 0.662. The number of rotatable bonds is 3. The van der Waals surface area contributed by atoms with E-state index < -0.39 is 0 Å². The Hall–Kier alpha value is -5.07. The van der Waals surface area contributed by atoms with Gasteiger partial charge in [0.1, 0.15) is 0 Å². The summed E-state index contributed by atoms with van der Waals surface area (Å²) in [6.07, 6.45) is 1.88. The maximum Gasteiger partial charge on any atom is 0.0991 e. The molecule has 0 N–H and O–H groups in total. The summed E-state index contributed by atoms with van der Waals surface area (Å²) < 4.78 is 4.43. The Bertz CT molecular complexity index is 2010. The Balaban J connectivity index is 1.46. The van der Waals surface area contributed by atoms with Crippen LogP contribution in [-0.2, 0) is 0 Å². The fraction of sp³-hybridized carbons (Fsp3) is 0. The zero-order valence-electron chi connectivity index (χ0n) is 19.5. The zero-order chi connectivity index (χ0) is 24.2. The molecule has 0 fully saturated rings. The molecule has 0 saturated heterocycles. The van der Waals surface area contributed by atoms with Crippen LogP contribution in [0.1, 0.15) is 5.56 Å². The monoisotopic (exact) mass is 459 g/mol. The van der Waals surface area contributed by atoms with E-state index in [4.69, 9.17) is 0 Å². The molecule has 0 aliphatic carbocycles. The van der Waals surface area contributed by atoms with Crippen LogP contribution in [0.25, 0.3) is 66.6 Å². The van der Waals surface area contributed by atoms with Crippen molar-refractivity contribution in [3.8, 4) is 22.9 Å². The molecule has 0 aliphatic heterocycles. The summed E-state index contributed by atoms with van der Waals surface area (Å²) in [5, 5.41) is 14.1. The standard InChI is InChI=1S/C33H21N3/c1-2-35-30-9-5-3-7-26(30)28-19-23(13-17-31(28)35)24-14-18-33-29(20-24)27-8-4-6-10-32(27)36(33)25-15-11-22(21-34)12-16-25/h2-20H,1H2. The average molecular weight is 460 g/mol. The van der Waals surface area contributed by atoms with Gasteiger partial charge in [0.2, 0.25) is 0 Å². The number of nitrogens with zero attached hydrogens (tertiary/aromatic N) is 3. The molecule has 3 nitrogen and oxygen atoms in total. The van der Waals surface area contributed by atoms with Gasteiger partial charge in [-0.05, 0) is 71.8 Å². The number of para-hydroxylation sites is 2. The topological polar surface area (TPSA) is 33.6 Å². The number of nitriles is 1. The molecule has 2 aromatic heterocycles. The van der Waals surface area contributed by atoms with Gasteiger partial charge < -0.3 is 9.13 Å². The van der Waals surface area contributed by atoms with Crippen LogP contribution in [0.2, 0.25) is 0 Å². The SMILES string of the molecule is C=Cn1c2ccccc2c2cc(-c3ccc4c(c3)c3ccccc3n4-c3ccc(C#N)cc3)ccc21. The summed E-state index contributed by atoms with van der Waals surface area (Å²) in [4.78, 5) is 0. The van der Waals surface area contributed by atoms with Crippen molar-refractivity contribution in [1.82, 2.24) is 9.13 Å². The third-order valence-corrected chi connectivity index (χ3v) is 7.15. The van der Waals surface area contributed by atoms with Gasteiger partial charge in [-0.3, -0.25) is 0 Å². The van der Waals surface area contributed by atoms with Crippen molar-refractivity contribution in [1.29, 1.82) is 5.26 Å². The molecule has 0 unspecified atom stereocenters. The van der Waals surface area contributed by atoms with Crippen molar-refractivity contribution < 1.29 is 0 Å². The van der Waals surface area contributed by atoms with Crippen molar-refractivity contribution in [2.24, 2.45) is 0 Å². The third kappa shape index (κ3) is 2.85. The minimum atomic E-state index is 0.662. The molecule has 3 heteroatoms. The molecule has 0 atom stereocenters. The molecule has 7 rings (SSSR count). The van der Waals surface area contributed by atoms with Crippen LogP contribution < -0.4 is 0 Å². The highest BCUT2D eigenvalue weighted by Crippen LogP contribution is 2.37. The lowest BCUT2D eigenvalue weighted by Crippen LogP contribution is -1.93. The Kier molecular flexibility index (Phi) is 4.36. The first-order chi connectivity index (χ1) is 17.8. The summed E-state index contributed by atoms with van der Waals surface area (Å²) >= 11 is 0. The Morgan fingerprint density at radius 3 is 1.78 bits per heavy atom. The van der Waals surface area contributed by atoms with E-state index in [1.165, 1.54) is 38.2 Å². The predicted octanol–water partition coefficient (Wildman–Crippen LogP) is 8.53. The number of benzene rings is 5. The van der Waals surface area contributed by atoms with E-state index in [2.05, 4.69) is 107 Å². The first-order valence-electron chi connectivity index (χ1n) is 12.0. The molecule has 5 aromatic carbocycles. The van der Waals surface area contributed by atoms with Crippen LogP contribution in [-0.4, -0.2) is 9.13 Å². The van der Waals surface area contributed by atoms with Crippen molar-refractivity contribution in [2.75, 3.05) is 0 Å². The Labute approximate surface area is 208 Å². The number of hydrogen-bond donors (Lipinski definition) is 0. The fourth-order valence-electron chi connectivity index (χ4n) is 5.50. The third-order valence-electron chi connectivity index (χ3n) is 7.15. The number of fused-ring (bicyclic) bond motifs is 6. The fourth-order valence-corrected chi connectivity index (χ4v) is 5.50. The summed E-state index contributed by atoms with van der Waals surface area (Å²) in [6.45, 7) is 4.03. The normalized spacial score (nSPS) is 11.4. The molecule has 0 spiro atoms. The van der Waals surface area contributed by atoms with Gasteiger partial charge >= 0.3 is 0 Å². The van der Waals surface area contributed by atoms with Gasteiger partial charge in [0.15, 0.2) is 0 Å². The summed E-state index contributed by atoms with van der Waals surface area (Å²) in [6, 6.07) is 40.4. The number of aromatic nitrogens is 2. The molecular formula is C33H21N3. The molecule has 0 saturated carbocycles. The summed E-state index contributed by atoms with van der Waals surface area (Å²) in [5.74, 6) is 0. The highest BCUT2D eigenvalue weighted by Gasteiger charge is 2.14.